The average molecular weight is 370 g/mol. The van der Waals surface area contributed by atoms with Gasteiger partial charge in [0.05, 0.1) is 16.2 Å². The van der Waals surface area contributed by atoms with E-state index in [1.54, 1.807) is 24.9 Å². The van der Waals surface area contributed by atoms with Crippen molar-refractivity contribution in [2.24, 2.45) is 7.05 Å². The van der Waals surface area contributed by atoms with E-state index in [0.717, 1.165) is 12.3 Å². The number of pyridine rings is 1. The molecule has 3 rings (SSSR count). The van der Waals surface area contributed by atoms with Crippen LogP contribution in [0.5, 0.6) is 11.6 Å². The Hall–Kier alpha value is -2.19. The van der Waals surface area contributed by atoms with Gasteiger partial charge in [0.1, 0.15) is 5.52 Å². The smallest absolute Gasteiger partial charge is 0.222 e. The molecule has 0 amide bonds. The van der Waals surface area contributed by atoms with Crippen molar-refractivity contribution in [3.8, 4) is 11.6 Å². The van der Waals surface area contributed by atoms with E-state index in [2.05, 4.69) is 9.97 Å². The van der Waals surface area contributed by atoms with Crippen molar-refractivity contribution in [2.75, 3.05) is 6.26 Å². The van der Waals surface area contributed by atoms with E-state index in [1.807, 2.05) is 0 Å². The fraction of sp³-hybridized carbons (Fsp3) is 0.200. The fourth-order valence-corrected chi connectivity index (χ4v) is 3.17. The molecule has 2 heterocycles. The van der Waals surface area contributed by atoms with Crippen molar-refractivity contribution in [2.45, 2.75) is 11.8 Å². The van der Waals surface area contributed by atoms with Crippen molar-refractivity contribution in [1.82, 2.24) is 14.5 Å². The summed E-state index contributed by atoms with van der Waals surface area (Å²) < 4.78 is 44.6. The second-order valence-electron chi connectivity index (χ2n) is 5.40. The van der Waals surface area contributed by atoms with E-state index in [4.69, 9.17) is 16.3 Å². The van der Waals surface area contributed by atoms with E-state index < -0.39 is 15.7 Å². The first kappa shape index (κ1) is 16.7. The molecule has 0 aliphatic heterocycles. The summed E-state index contributed by atoms with van der Waals surface area (Å²) in [7, 11) is -1.77. The largest absolute Gasteiger partial charge is 0.436 e. The summed E-state index contributed by atoms with van der Waals surface area (Å²) in [4.78, 5) is 8.25. The van der Waals surface area contributed by atoms with Gasteiger partial charge in [-0.05, 0) is 24.6 Å². The van der Waals surface area contributed by atoms with Gasteiger partial charge in [-0.3, -0.25) is 0 Å². The number of imidazole rings is 1. The van der Waals surface area contributed by atoms with Crippen molar-refractivity contribution in [3.05, 3.63) is 40.9 Å². The minimum absolute atomic E-state index is 0.0882. The standard InChI is InChI=1S/C15H13ClFN3O3S/c1-8-4-9(24(3,21)22)5-11(17)14(8)23-12-6-10(16)13-15(19-12)20(2)7-18-13/h4-7H,1-3H3. The lowest BCUT2D eigenvalue weighted by Gasteiger charge is -2.11. The van der Waals surface area contributed by atoms with Crippen molar-refractivity contribution < 1.29 is 17.5 Å². The normalized spacial score (nSPS) is 11.9. The highest BCUT2D eigenvalue weighted by atomic mass is 35.5. The number of fused-ring (bicyclic) bond motifs is 1. The first-order valence-corrected chi connectivity index (χ1v) is 9.09. The highest BCUT2D eigenvalue weighted by molar-refractivity contribution is 7.90. The lowest BCUT2D eigenvalue weighted by Crippen LogP contribution is -2.01. The number of hydrogen-bond donors (Lipinski definition) is 0. The molecule has 0 aliphatic carbocycles. The van der Waals surface area contributed by atoms with E-state index in [0.29, 0.717) is 21.7 Å². The summed E-state index contributed by atoms with van der Waals surface area (Å²) >= 11 is 6.14. The van der Waals surface area contributed by atoms with Gasteiger partial charge in [0.2, 0.25) is 5.88 Å². The van der Waals surface area contributed by atoms with Gasteiger partial charge in [-0.2, -0.15) is 4.98 Å². The monoisotopic (exact) mass is 369 g/mol. The Morgan fingerprint density at radius 3 is 2.62 bits per heavy atom. The molecule has 0 spiro atoms. The number of ether oxygens (including phenoxy) is 1. The van der Waals surface area contributed by atoms with E-state index in [9.17, 15) is 12.8 Å². The van der Waals surface area contributed by atoms with Crippen LogP contribution in [0.3, 0.4) is 0 Å². The minimum Gasteiger partial charge on any atom is -0.436 e. The van der Waals surface area contributed by atoms with Crippen LogP contribution in [-0.2, 0) is 16.9 Å². The summed E-state index contributed by atoms with van der Waals surface area (Å²) in [6, 6.07) is 3.69. The molecule has 0 saturated carbocycles. The van der Waals surface area contributed by atoms with Crippen LogP contribution in [0.25, 0.3) is 11.2 Å². The van der Waals surface area contributed by atoms with E-state index in [-0.39, 0.29) is 16.5 Å². The van der Waals surface area contributed by atoms with Crippen LogP contribution in [0.15, 0.2) is 29.4 Å². The number of aromatic nitrogens is 3. The number of nitrogens with zero attached hydrogens (tertiary/aromatic N) is 3. The quantitative estimate of drug-likeness (QED) is 0.708. The Morgan fingerprint density at radius 2 is 2.00 bits per heavy atom. The third kappa shape index (κ3) is 2.94. The first-order chi connectivity index (χ1) is 11.2. The van der Waals surface area contributed by atoms with Crippen LogP contribution in [0.2, 0.25) is 5.02 Å². The molecule has 2 aromatic heterocycles. The molecule has 0 fully saturated rings. The Balaban J connectivity index is 2.07. The molecule has 6 nitrogen and oxygen atoms in total. The number of aryl methyl sites for hydroxylation is 2. The maximum atomic E-state index is 14.3. The lowest BCUT2D eigenvalue weighted by molar-refractivity contribution is 0.424. The van der Waals surface area contributed by atoms with Crippen LogP contribution >= 0.6 is 11.6 Å². The second-order valence-corrected chi connectivity index (χ2v) is 7.82. The zero-order valence-corrected chi connectivity index (χ0v) is 14.6. The third-order valence-electron chi connectivity index (χ3n) is 3.44. The highest BCUT2D eigenvalue weighted by Crippen LogP contribution is 2.32. The van der Waals surface area contributed by atoms with Crippen LogP contribution in [0.4, 0.5) is 4.39 Å². The molecular formula is C15H13ClFN3O3S. The van der Waals surface area contributed by atoms with Gasteiger partial charge in [-0.1, -0.05) is 11.6 Å². The summed E-state index contributed by atoms with van der Waals surface area (Å²) in [6.45, 7) is 1.55. The SMILES string of the molecule is Cc1cc(S(C)(=O)=O)cc(F)c1Oc1cc(Cl)c2ncn(C)c2n1. The topological polar surface area (TPSA) is 74.1 Å². The molecule has 0 saturated heterocycles. The molecule has 9 heteroatoms. The number of rotatable bonds is 3. The molecule has 126 valence electrons. The Kier molecular flexibility index (Phi) is 3.97. The zero-order chi connectivity index (χ0) is 17.6. The Morgan fingerprint density at radius 1 is 1.29 bits per heavy atom. The average Bonchev–Trinajstić information content (AvgIpc) is 2.84. The lowest BCUT2D eigenvalue weighted by atomic mass is 10.2. The zero-order valence-electron chi connectivity index (χ0n) is 13.0. The Bertz CT molecular complexity index is 1040. The molecule has 3 aromatic rings. The summed E-state index contributed by atoms with van der Waals surface area (Å²) in [5.74, 6) is -0.809. The summed E-state index contributed by atoms with van der Waals surface area (Å²) in [5, 5.41) is 0.321. The number of benzene rings is 1. The molecule has 0 atom stereocenters. The predicted octanol–water partition coefficient (Wildman–Crippen LogP) is 3.27. The number of halogens is 2. The molecule has 0 aliphatic rings. The van der Waals surface area contributed by atoms with Gasteiger partial charge in [0.15, 0.2) is 27.1 Å². The molecule has 0 unspecified atom stereocenters. The van der Waals surface area contributed by atoms with Gasteiger partial charge in [-0.25, -0.2) is 17.8 Å². The van der Waals surface area contributed by atoms with Crippen molar-refractivity contribution in [1.29, 1.82) is 0 Å². The van der Waals surface area contributed by atoms with Crippen LogP contribution < -0.4 is 4.74 Å². The van der Waals surface area contributed by atoms with Gasteiger partial charge in [0.25, 0.3) is 0 Å². The Labute approximate surface area is 142 Å². The highest BCUT2D eigenvalue weighted by Gasteiger charge is 2.17. The van der Waals surface area contributed by atoms with Gasteiger partial charge >= 0.3 is 0 Å². The predicted molar refractivity (Wildman–Crippen MR) is 87.8 cm³/mol. The molecule has 0 bridgehead atoms. The summed E-state index contributed by atoms with van der Waals surface area (Å²) in [5.41, 5.74) is 1.33. The summed E-state index contributed by atoms with van der Waals surface area (Å²) in [6.07, 6.45) is 2.57. The van der Waals surface area contributed by atoms with Crippen LogP contribution in [0, 0.1) is 12.7 Å². The first-order valence-electron chi connectivity index (χ1n) is 6.82. The molecule has 0 N–H and O–H groups in total. The maximum Gasteiger partial charge on any atom is 0.222 e. The molecule has 0 radical (unpaired) electrons. The maximum absolute atomic E-state index is 14.3. The van der Waals surface area contributed by atoms with E-state index >= 15 is 0 Å². The van der Waals surface area contributed by atoms with Gasteiger partial charge < -0.3 is 9.30 Å². The van der Waals surface area contributed by atoms with Crippen molar-refractivity contribution in [3.63, 3.8) is 0 Å². The van der Waals surface area contributed by atoms with Crippen LogP contribution in [0.1, 0.15) is 5.56 Å². The number of hydrogen-bond acceptors (Lipinski definition) is 5. The molecular weight excluding hydrogens is 357 g/mol. The van der Waals surface area contributed by atoms with E-state index in [1.165, 1.54) is 12.1 Å². The third-order valence-corrected chi connectivity index (χ3v) is 4.82. The molecule has 24 heavy (non-hydrogen) atoms. The van der Waals surface area contributed by atoms with Crippen molar-refractivity contribution >= 4 is 32.6 Å². The van der Waals surface area contributed by atoms with Gasteiger partial charge in [-0.15, -0.1) is 0 Å². The molecule has 1 aromatic carbocycles. The number of sulfone groups is 1. The second kappa shape index (κ2) is 5.71. The minimum atomic E-state index is -3.51. The van der Waals surface area contributed by atoms with Crippen LogP contribution in [-0.4, -0.2) is 29.2 Å². The van der Waals surface area contributed by atoms with Gasteiger partial charge in [0, 0.05) is 19.4 Å². The fourth-order valence-electron chi connectivity index (χ4n) is 2.24.